The predicted molar refractivity (Wildman–Crippen MR) is 129 cm³/mol. The summed E-state index contributed by atoms with van der Waals surface area (Å²) in [5, 5.41) is 6.61. The zero-order chi connectivity index (χ0) is 24.9. The third kappa shape index (κ3) is 8.74. The summed E-state index contributed by atoms with van der Waals surface area (Å²) in [6, 6.07) is 10.2. The van der Waals surface area contributed by atoms with E-state index in [0.29, 0.717) is 33.0 Å². The molecule has 0 heterocycles. The normalized spacial score (nSPS) is 10.5. The van der Waals surface area contributed by atoms with Gasteiger partial charge < -0.3 is 24.3 Å². The zero-order valence-electron chi connectivity index (χ0n) is 19.1. The molecule has 0 fully saturated rings. The molecule has 0 bridgehead atoms. The number of nitrogens with zero attached hydrogens (tertiary/aromatic N) is 1. The molecule has 0 aliphatic heterocycles. The van der Waals surface area contributed by atoms with Crippen LogP contribution >= 0.6 is 15.9 Å². The van der Waals surface area contributed by atoms with Crippen LogP contribution in [0.4, 0.5) is 5.69 Å². The molecule has 11 heteroatoms. The molecular formula is C23H26BrN3O7. The molecule has 2 aromatic rings. The summed E-state index contributed by atoms with van der Waals surface area (Å²) in [6.07, 6.45) is 1.38. The Kier molecular flexibility index (Phi) is 10.8. The van der Waals surface area contributed by atoms with Crippen molar-refractivity contribution in [1.82, 2.24) is 5.43 Å². The first-order valence-corrected chi connectivity index (χ1v) is 11.1. The number of halogens is 1. The highest BCUT2D eigenvalue weighted by molar-refractivity contribution is 9.10. The SMILES string of the molecule is CCOC(=O)COc1c(Br)cc(C=NNC(=O)CCC(=O)Nc2ccc(OC)cc2)cc1OC. The van der Waals surface area contributed by atoms with Crippen LogP contribution in [0.3, 0.4) is 0 Å². The van der Waals surface area contributed by atoms with Crippen LogP contribution in [0.2, 0.25) is 0 Å². The fraction of sp³-hybridized carbons (Fsp3) is 0.304. The Morgan fingerprint density at radius 1 is 1.03 bits per heavy atom. The number of methoxy groups -OCH3 is 2. The minimum Gasteiger partial charge on any atom is -0.497 e. The lowest BCUT2D eigenvalue weighted by molar-refractivity contribution is -0.145. The first kappa shape index (κ1) is 26.7. The maximum atomic E-state index is 12.0. The van der Waals surface area contributed by atoms with E-state index in [4.69, 9.17) is 18.9 Å². The monoisotopic (exact) mass is 535 g/mol. The van der Waals surface area contributed by atoms with Crippen LogP contribution in [0.1, 0.15) is 25.3 Å². The first-order chi connectivity index (χ1) is 16.4. The van der Waals surface area contributed by atoms with Crippen molar-refractivity contribution in [2.75, 3.05) is 32.8 Å². The maximum Gasteiger partial charge on any atom is 0.344 e. The van der Waals surface area contributed by atoms with E-state index in [0.717, 1.165) is 0 Å². The molecule has 0 aromatic heterocycles. The number of carbonyl (C=O) groups excluding carboxylic acids is 3. The summed E-state index contributed by atoms with van der Waals surface area (Å²) >= 11 is 3.37. The maximum absolute atomic E-state index is 12.0. The summed E-state index contributed by atoms with van der Waals surface area (Å²) in [5.41, 5.74) is 3.59. The van der Waals surface area contributed by atoms with Crippen molar-refractivity contribution in [2.45, 2.75) is 19.8 Å². The highest BCUT2D eigenvalue weighted by atomic mass is 79.9. The van der Waals surface area contributed by atoms with Crippen molar-refractivity contribution in [3.8, 4) is 17.2 Å². The van der Waals surface area contributed by atoms with Crippen LogP contribution in [-0.2, 0) is 19.1 Å². The van der Waals surface area contributed by atoms with Crippen molar-refractivity contribution in [3.05, 3.63) is 46.4 Å². The Balaban J connectivity index is 1.85. The lowest BCUT2D eigenvalue weighted by atomic mass is 10.2. The molecule has 0 saturated heterocycles. The number of ether oxygens (including phenoxy) is 4. The second kappa shape index (κ2) is 13.8. The van der Waals surface area contributed by atoms with Crippen LogP contribution in [0.5, 0.6) is 17.2 Å². The number of rotatable bonds is 12. The van der Waals surface area contributed by atoms with E-state index in [2.05, 4.69) is 31.8 Å². The number of anilines is 1. The number of hydrazone groups is 1. The molecule has 0 aliphatic rings. The Hall–Kier alpha value is -3.60. The van der Waals surface area contributed by atoms with Gasteiger partial charge in [0.1, 0.15) is 5.75 Å². The summed E-state index contributed by atoms with van der Waals surface area (Å²) < 4.78 is 21.2. The molecular weight excluding hydrogens is 510 g/mol. The van der Waals surface area contributed by atoms with Gasteiger partial charge in [0.05, 0.1) is 31.5 Å². The standard InChI is InChI=1S/C23H26BrN3O7/c1-4-33-22(30)14-34-23-18(24)11-15(12-19(23)32-3)13-25-27-21(29)10-9-20(28)26-16-5-7-17(31-2)8-6-16/h5-8,11-13H,4,9-10,14H2,1-3H3,(H,26,28)(H,27,29). The summed E-state index contributed by atoms with van der Waals surface area (Å²) in [4.78, 5) is 35.5. The Morgan fingerprint density at radius 3 is 2.38 bits per heavy atom. The largest absolute Gasteiger partial charge is 0.497 e. The number of hydrogen-bond acceptors (Lipinski definition) is 8. The predicted octanol–water partition coefficient (Wildman–Crippen LogP) is 3.28. The average molecular weight is 536 g/mol. The van der Waals surface area contributed by atoms with Gasteiger partial charge in [-0.25, -0.2) is 10.2 Å². The van der Waals surface area contributed by atoms with Gasteiger partial charge in [0, 0.05) is 18.5 Å². The van der Waals surface area contributed by atoms with Gasteiger partial charge in [0.15, 0.2) is 18.1 Å². The molecule has 0 spiro atoms. The third-order valence-electron chi connectivity index (χ3n) is 4.25. The van der Waals surface area contributed by atoms with E-state index < -0.39 is 11.9 Å². The van der Waals surface area contributed by atoms with Crippen molar-refractivity contribution in [1.29, 1.82) is 0 Å². The minimum absolute atomic E-state index is 0.000739. The van der Waals surface area contributed by atoms with Crippen LogP contribution in [-0.4, -0.2) is 51.4 Å². The van der Waals surface area contributed by atoms with Gasteiger partial charge in [0.25, 0.3) is 0 Å². The molecule has 2 amide bonds. The summed E-state index contributed by atoms with van der Waals surface area (Å²) in [7, 11) is 3.01. The van der Waals surface area contributed by atoms with Gasteiger partial charge in [-0.15, -0.1) is 0 Å². The van der Waals surface area contributed by atoms with Gasteiger partial charge in [-0.1, -0.05) is 0 Å². The van der Waals surface area contributed by atoms with E-state index in [1.807, 2.05) is 0 Å². The zero-order valence-corrected chi connectivity index (χ0v) is 20.6. The topological polar surface area (TPSA) is 125 Å². The lowest BCUT2D eigenvalue weighted by Gasteiger charge is -2.13. The van der Waals surface area contributed by atoms with E-state index >= 15 is 0 Å². The number of benzene rings is 2. The highest BCUT2D eigenvalue weighted by Gasteiger charge is 2.14. The van der Waals surface area contributed by atoms with Crippen molar-refractivity contribution in [3.63, 3.8) is 0 Å². The second-order valence-corrected chi connectivity index (χ2v) is 7.55. The minimum atomic E-state index is -0.498. The fourth-order valence-corrected chi connectivity index (χ4v) is 3.22. The summed E-state index contributed by atoms with van der Waals surface area (Å²) in [6.45, 7) is 1.70. The first-order valence-electron chi connectivity index (χ1n) is 10.3. The molecule has 34 heavy (non-hydrogen) atoms. The van der Waals surface area contributed by atoms with Crippen molar-refractivity contribution < 1.29 is 33.3 Å². The molecule has 0 atom stereocenters. The third-order valence-corrected chi connectivity index (χ3v) is 4.84. The van der Waals surface area contributed by atoms with Crippen molar-refractivity contribution in [2.24, 2.45) is 5.10 Å². The lowest BCUT2D eigenvalue weighted by Crippen LogP contribution is -2.20. The van der Waals surface area contributed by atoms with E-state index in [-0.39, 0.29) is 32.0 Å². The highest BCUT2D eigenvalue weighted by Crippen LogP contribution is 2.36. The number of carbonyl (C=O) groups is 3. The Labute approximate surface area is 205 Å². The molecule has 182 valence electrons. The van der Waals surface area contributed by atoms with Gasteiger partial charge in [-0.2, -0.15) is 5.10 Å². The number of nitrogens with one attached hydrogen (secondary N) is 2. The van der Waals surface area contributed by atoms with Crippen LogP contribution in [0.15, 0.2) is 46.0 Å². The van der Waals surface area contributed by atoms with Crippen molar-refractivity contribution >= 4 is 45.6 Å². The molecule has 2 rings (SSSR count). The second-order valence-electron chi connectivity index (χ2n) is 6.70. The van der Waals surface area contributed by atoms with Gasteiger partial charge in [-0.3, -0.25) is 9.59 Å². The van der Waals surface area contributed by atoms with E-state index in [1.54, 1.807) is 50.4 Å². The van der Waals surface area contributed by atoms with E-state index in [9.17, 15) is 14.4 Å². The van der Waals surface area contributed by atoms with E-state index in [1.165, 1.54) is 13.3 Å². The molecule has 0 aliphatic carbocycles. The number of amides is 2. The van der Waals surface area contributed by atoms with Gasteiger partial charge in [-0.05, 0) is 64.8 Å². The Morgan fingerprint density at radius 2 is 1.74 bits per heavy atom. The number of esters is 1. The van der Waals surface area contributed by atoms with Crippen LogP contribution in [0.25, 0.3) is 0 Å². The van der Waals surface area contributed by atoms with Gasteiger partial charge in [0.2, 0.25) is 11.8 Å². The van der Waals surface area contributed by atoms with Gasteiger partial charge >= 0.3 is 5.97 Å². The van der Waals surface area contributed by atoms with Crippen LogP contribution in [0, 0.1) is 0 Å². The van der Waals surface area contributed by atoms with Crippen LogP contribution < -0.4 is 25.0 Å². The molecule has 2 aromatic carbocycles. The number of hydrogen-bond donors (Lipinski definition) is 2. The summed E-state index contributed by atoms with van der Waals surface area (Å²) in [5.74, 6) is 0.167. The Bertz CT molecular complexity index is 1030. The smallest absolute Gasteiger partial charge is 0.344 e. The average Bonchev–Trinajstić information content (AvgIpc) is 2.82. The molecule has 0 saturated carbocycles. The molecule has 10 nitrogen and oxygen atoms in total. The molecule has 0 unspecified atom stereocenters. The fourth-order valence-electron chi connectivity index (χ4n) is 2.65. The molecule has 2 N–H and O–H groups in total. The molecule has 0 radical (unpaired) electrons. The quantitative estimate of drug-likeness (QED) is 0.242.